The van der Waals surface area contributed by atoms with Gasteiger partial charge in [0.25, 0.3) is 0 Å². The maximum atomic E-state index is 5.89. The van der Waals surface area contributed by atoms with E-state index >= 15 is 0 Å². The Morgan fingerprint density at radius 1 is 1.29 bits per heavy atom. The molecule has 0 radical (unpaired) electrons. The standard InChI is InChI=1S/C17H27N3O/c1-11(10-18-14-6-7-14)15-12(2)19-16(20-13(15)3)17(4)8-5-9-21-17/h11,14,18H,5-10H2,1-4H3. The zero-order valence-electron chi connectivity index (χ0n) is 13.7. The highest BCUT2D eigenvalue weighted by atomic mass is 16.5. The second kappa shape index (κ2) is 5.65. The molecule has 2 unspecified atom stereocenters. The van der Waals surface area contributed by atoms with Crippen LogP contribution in [0.1, 0.15) is 68.2 Å². The quantitative estimate of drug-likeness (QED) is 0.905. The Labute approximate surface area is 127 Å². The van der Waals surface area contributed by atoms with Crippen molar-refractivity contribution in [1.82, 2.24) is 15.3 Å². The topological polar surface area (TPSA) is 47.0 Å². The van der Waals surface area contributed by atoms with Crippen molar-refractivity contribution in [1.29, 1.82) is 0 Å². The smallest absolute Gasteiger partial charge is 0.160 e. The fourth-order valence-electron chi connectivity index (χ4n) is 3.36. The normalized spacial score (nSPS) is 27.0. The first kappa shape index (κ1) is 14.9. The van der Waals surface area contributed by atoms with Gasteiger partial charge in [-0.3, -0.25) is 0 Å². The lowest BCUT2D eigenvalue weighted by Gasteiger charge is -2.24. The molecule has 2 aliphatic rings. The zero-order chi connectivity index (χ0) is 15.0. The van der Waals surface area contributed by atoms with Crippen LogP contribution in [0, 0.1) is 13.8 Å². The predicted molar refractivity (Wildman–Crippen MR) is 83.5 cm³/mol. The summed E-state index contributed by atoms with van der Waals surface area (Å²) in [4.78, 5) is 9.58. The van der Waals surface area contributed by atoms with E-state index in [0.717, 1.165) is 49.2 Å². The average Bonchev–Trinajstić information content (AvgIpc) is 3.16. The van der Waals surface area contributed by atoms with Gasteiger partial charge >= 0.3 is 0 Å². The minimum absolute atomic E-state index is 0.288. The zero-order valence-corrected chi connectivity index (χ0v) is 13.7. The molecule has 1 aliphatic carbocycles. The first-order chi connectivity index (χ1) is 9.99. The van der Waals surface area contributed by atoms with E-state index < -0.39 is 0 Å². The maximum Gasteiger partial charge on any atom is 0.160 e. The second-order valence-electron chi connectivity index (χ2n) is 6.90. The van der Waals surface area contributed by atoms with Gasteiger partial charge < -0.3 is 10.1 Å². The highest BCUT2D eigenvalue weighted by Gasteiger charge is 2.35. The molecule has 1 aliphatic heterocycles. The van der Waals surface area contributed by atoms with Crippen LogP contribution in [0.5, 0.6) is 0 Å². The van der Waals surface area contributed by atoms with Gasteiger partial charge in [-0.25, -0.2) is 9.97 Å². The van der Waals surface area contributed by atoms with Gasteiger partial charge in [0, 0.05) is 30.6 Å². The molecule has 0 spiro atoms. The van der Waals surface area contributed by atoms with E-state index in [2.05, 4.69) is 33.0 Å². The van der Waals surface area contributed by atoms with Gasteiger partial charge in [0.2, 0.25) is 0 Å². The summed E-state index contributed by atoms with van der Waals surface area (Å²) in [5.74, 6) is 1.32. The molecule has 116 valence electrons. The minimum atomic E-state index is -0.288. The first-order valence-electron chi connectivity index (χ1n) is 8.22. The van der Waals surface area contributed by atoms with Crippen molar-refractivity contribution < 1.29 is 4.74 Å². The number of aryl methyl sites for hydroxylation is 2. The molecule has 3 rings (SSSR count). The summed E-state index contributed by atoms with van der Waals surface area (Å²) < 4.78 is 5.89. The van der Waals surface area contributed by atoms with E-state index in [0.29, 0.717) is 5.92 Å². The summed E-state index contributed by atoms with van der Waals surface area (Å²) in [7, 11) is 0. The van der Waals surface area contributed by atoms with Crippen LogP contribution < -0.4 is 5.32 Å². The summed E-state index contributed by atoms with van der Waals surface area (Å²) in [5, 5.41) is 3.61. The van der Waals surface area contributed by atoms with Crippen LogP contribution in [0.4, 0.5) is 0 Å². The summed E-state index contributed by atoms with van der Waals surface area (Å²) in [5.41, 5.74) is 3.23. The van der Waals surface area contributed by atoms with Crippen molar-refractivity contribution in [3.05, 3.63) is 22.8 Å². The molecule has 0 aromatic carbocycles. The molecule has 0 bridgehead atoms. The Bertz CT molecular complexity index is 496. The van der Waals surface area contributed by atoms with Crippen LogP contribution in [0.15, 0.2) is 0 Å². The Kier molecular flexibility index (Phi) is 4.02. The first-order valence-corrected chi connectivity index (χ1v) is 8.22. The van der Waals surface area contributed by atoms with E-state index in [9.17, 15) is 0 Å². The molecule has 1 aromatic rings. The lowest BCUT2D eigenvalue weighted by atomic mass is 9.96. The SMILES string of the molecule is Cc1nc(C2(C)CCCO2)nc(C)c1C(C)CNC1CC1. The molecule has 1 saturated carbocycles. The fourth-order valence-corrected chi connectivity index (χ4v) is 3.36. The molecule has 2 heterocycles. The van der Waals surface area contributed by atoms with Gasteiger partial charge in [-0.05, 0) is 57.9 Å². The van der Waals surface area contributed by atoms with Gasteiger partial charge in [0.05, 0.1) is 0 Å². The molecular formula is C17H27N3O. The third-order valence-corrected chi connectivity index (χ3v) is 4.80. The Morgan fingerprint density at radius 3 is 2.48 bits per heavy atom. The number of aromatic nitrogens is 2. The average molecular weight is 289 g/mol. The van der Waals surface area contributed by atoms with Crippen molar-refractivity contribution in [2.24, 2.45) is 0 Å². The number of rotatable bonds is 5. The van der Waals surface area contributed by atoms with Gasteiger partial charge in [0.15, 0.2) is 5.82 Å². The van der Waals surface area contributed by atoms with Crippen LogP contribution in [-0.4, -0.2) is 29.2 Å². The molecule has 1 aromatic heterocycles. The summed E-state index contributed by atoms with van der Waals surface area (Å²) >= 11 is 0. The van der Waals surface area contributed by atoms with Gasteiger partial charge in [0.1, 0.15) is 5.60 Å². The molecule has 1 N–H and O–H groups in total. The molecule has 2 atom stereocenters. The van der Waals surface area contributed by atoms with Crippen molar-refractivity contribution >= 4 is 0 Å². The molecule has 21 heavy (non-hydrogen) atoms. The number of ether oxygens (including phenoxy) is 1. The fraction of sp³-hybridized carbons (Fsp3) is 0.765. The van der Waals surface area contributed by atoms with E-state index in [-0.39, 0.29) is 5.60 Å². The van der Waals surface area contributed by atoms with Gasteiger partial charge in [-0.1, -0.05) is 6.92 Å². The highest BCUT2D eigenvalue weighted by Crippen LogP contribution is 2.34. The van der Waals surface area contributed by atoms with E-state index in [4.69, 9.17) is 14.7 Å². The lowest BCUT2D eigenvalue weighted by molar-refractivity contribution is 0.00900. The van der Waals surface area contributed by atoms with Gasteiger partial charge in [-0.2, -0.15) is 0 Å². The van der Waals surface area contributed by atoms with Gasteiger partial charge in [-0.15, -0.1) is 0 Å². The third-order valence-electron chi connectivity index (χ3n) is 4.80. The second-order valence-corrected chi connectivity index (χ2v) is 6.90. The Morgan fingerprint density at radius 2 is 1.95 bits per heavy atom. The number of hydrogen-bond donors (Lipinski definition) is 1. The number of hydrogen-bond acceptors (Lipinski definition) is 4. The molecule has 2 fully saturated rings. The number of nitrogens with zero attached hydrogens (tertiary/aromatic N) is 2. The highest BCUT2D eigenvalue weighted by molar-refractivity contribution is 5.29. The van der Waals surface area contributed by atoms with Crippen LogP contribution in [-0.2, 0) is 10.3 Å². The minimum Gasteiger partial charge on any atom is -0.367 e. The van der Waals surface area contributed by atoms with Crippen LogP contribution in [0.2, 0.25) is 0 Å². The lowest BCUT2D eigenvalue weighted by Crippen LogP contribution is -2.27. The van der Waals surface area contributed by atoms with E-state index in [1.807, 2.05) is 0 Å². The predicted octanol–water partition coefficient (Wildman–Crippen LogP) is 2.97. The van der Waals surface area contributed by atoms with Crippen molar-refractivity contribution in [3.63, 3.8) is 0 Å². The van der Waals surface area contributed by atoms with E-state index in [1.54, 1.807) is 0 Å². The summed E-state index contributed by atoms with van der Waals surface area (Å²) in [6.07, 6.45) is 4.77. The summed E-state index contributed by atoms with van der Waals surface area (Å²) in [6.45, 7) is 10.4. The Hall–Kier alpha value is -1.00. The largest absolute Gasteiger partial charge is 0.367 e. The van der Waals surface area contributed by atoms with E-state index in [1.165, 1.54) is 18.4 Å². The Balaban J connectivity index is 1.81. The van der Waals surface area contributed by atoms with Crippen molar-refractivity contribution in [2.75, 3.05) is 13.2 Å². The third kappa shape index (κ3) is 3.11. The molecule has 1 saturated heterocycles. The molecular weight excluding hydrogens is 262 g/mol. The summed E-state index contributed by atoms with van der Waals surface area (Å²) in [6, 6.07) is 0.749. The van der Waals surface area contributed by atoms with Crippen LogP contribution in [0.3, 0.4) is 0 Å². The maximum absolute atomic E-state index is 5.89. The van der Waals surface area contributed by atoms with Crippen molar-refractivity contribution in [2.45, 2.75) is 70.9 Å². The molecule has 4 nitrogen and oxygen atoms in total. The number of nitrogens with one attached hydrogen (secondary N) is 1. The molecule has 0 amide bonds. The van der Waals surface area contributed by atoms with Crippen molar-refractivity contribution in [3.8, 4) is 0 Å². The molecule has 4 heteroatoms. The van der Waals surface area contributed by atoms with Crippen LogP contribution >= 0.6 is 0 Å². The monoisotopic (exact) mass is 289 g/mol. The van der Waals surface area contributed by atoms with Crippen LogP contribution in [0.25, 0.3) is 0 Å².